The predicted octanol–water partition coefficient (Wildman–Crippen LogP) is 2.45. The first-order valence-electron chi connectivity index (χ1n) is 6.02. The van der Waals surface area contributed by atoms with Crippen molar-refractivity contribution in [3.63, 3.8) is 0 Å². The second kappa shape index (κ2) is 8.76. The molecular formula is C13H25IN4S. The van der Waals surface area contributed by atoms with Gasteiger partial charge in [0.1, 0.15) is 0 Å². The fraction of sp³-hybridized carbons (Fsp3) is 0.615. The Morgan fingerprint density at radius 3 is 2.11 bits per heavy atom. The molecule has 0 aromatic carbocycles. The molecule has 1 rings (SSSR count). The number of hydrogen-bond donors (Lipinski definition) is 0. The van der Waals surface area contributed by atoms with Crippen LogP contribution < -0.4 is 0 Å². The van der Waals surface area contributed by atoms with Crippen LogP contribution >= 0.6 is 35.3 Å². The van der Waals surface area contributed by atoms with Gasteiger partial charge in [-0.05, 0) is 25.5 Å². The van der Waals surface area contributed by atoms with Crippen molar-refractivity contribution in [1.82, 2.24) is 14.7 Å². The Labute approximate surface area is 138 Å². The Morgan fingerprint density at radius 2 is 1.74 bits per heavy atom. The molecule has 0 saturated carbocycles. The summed E-state index contributed by atoms with van der Waals surface area (Å²) in [5.74, 6) is 0.999. The van der Waals surface area contributed by atoms with Crippen LogP contribution in [0.3, 0.4) is 0 Å². The summed E-state index contributed by atoms with van der Waals surface area (Å²) in [6, 6.07) is 4.62. The summed E-state index contributed by atoms with van der Waals surface area (Å²) in [5, 5.41) is 2.12. The van der Waals surface area contributed by atoms with Gasteiger partial charge in [-0.15, -0.1) is 35.3 Å². The third kappa shape index (κ3) is 5.66. The summed E-state index contributed by atoms with van der Waals surface area (Å²) in [5.41, 5.74) is 0. The summed E-state index contributed by atoms with van der Waals surface area (Å²) in [7, 11) is 12.3. The molecule has 0 fully saturated rings. The molecule has 0 bridgehead atoms. The SMILES string of the molecule is CN(C)C(=NCC(c1cccs1)N(C)C)N(C)C.I. The lowest BCUT2D eigenvalue weighted by Gasteiger charge is -2.26. The van der Waals surface area contributed by atoms with Crippen molar-refractivity contribution in [1.29, 1.82) is 0 Å². The molecule has 6 heteroatoms. The average Bonchev–Trinajstić information content (AvgIpc) is 2.75. The molecule has 0 N–H and O–H groups in total. The normalized spacial score (nSPS) is 11.7. The van der Waals surface area contributed by atoms with Gasteiger partial charge in [0, 0.05) is 33.1 Å². The number of halogens is 1. The topological polar surface area (TPSA) is 22.1 Å². The van der Waals surface area contributed by atoms with Crippen LogP contribution in [0.15, 0.2) is 22.5 Å². The standard InChI is InChI=1S/C13H24N4S.HI/c1-15(2)11(12-8-7-9-18-12)10-14-13(16(3)4)17(5)6;/h7-9,11H,10H2,1-6H3;1H. The predicted molar refractivity (Wildman–Crippen MR) is 95.8 cm³/mol. The van der Waals surface area contributed by atoms with E-state index in [1.807, 2.05) is 38.0 Å². The molecule has 110 valence electrons. The van der Waals surface area contributed by atoms with Gasteiger partial charge in [-0.1, -0.05) is 6.07 Å². The van der Waals surface area contributed by atoms with Gasteiger partial charge < -0.3 is 14.7 Å². The fourth-order valence-electron chi connectivity index (χ4n) is 1.84. The van der Waals surface area contributed by atoms with Crippen molar-refractivity contribution in [3.05, 3.63) is 22.4 Å². The van der Waals surface area contributed by atoms with Crippen molar-refractivity contribution in [3.8, 4) is 0 Å². The van der Waals surface area contributed by atoms with E-state index in [1.54, 1.807) is 11.3 Å². The molecule has 1 atom stereocenters. The first-order chi connectivity index (χ1) is 8.43. The number of nitrogens with zero attached hydrogens (tertiary/aromatic N) is 4. The van der Waals surface area contributed by atoms with E-state index < -0.39 is 0 Å². The maximum absolute atomic E-state index is 4.73. The number of aliphatic imine (C=N–C) groups is 1. The smallest absolute Gasteiger partial charge is 0.195 e. The van der Waals surface area contributed by atoms with Gasteiger partial charge in [0.15, 0.2) is 5.96 Å². The highest BCUT2D eigenvalue weighted by Crippen LogP contribution is 2.23. The zero-order valence-electron chi connectivity index (χ0n) is 12.6. The van der Waals surface area contributed by atoms with Crippen molar-refractivity contribution >= 4 is 41.3 Å². The maximum atomic E-state index is 4.73. The lowest BCUT2D eigenvalue weighted by atomic mass is 10.2. The lowest BCUT2D eigenvalue weighted by molar-refractivity contribution is 0.308. The zero-order valence-corrected chi connectivity index (χ0v) is 15.8. The average molecular weight is 396 g/mol. The monoisotopic (exact) mass is 396 g/mol. The largest absolute Gasteiger partial charge is 0.349 e. The Morgan fingerprint density at radius 1 is 1.16 bits per heavy atom. The molecule has 1 aromatic rings. The molecule has 0 aliphatic heterocycles. The van der Waals surface area contributed by atoms with E-state index >= 15 is 0 Å². The van der Waals surface area contributed by atoms with Crippen LogP contribution in [0, 0.1) is 0 Å². The van der Waals surface area contributed by atoms with Crippen LogP contribution in [0.1, 0.15) is 10.9 Å². The minimum absolute atomic E-state index is 0. The maximum Gasteiger partial charge on any atom is 0.195 e. The molecule has 0 aliphatic rings. The first kappa shape index (κ1) is 18.7. The van der Waals surface area contributed by atoms with Crippen LogP contribution in [-0.4, -0.2) is 69.5 Å². The summed E-state index contributed by atoms with van der Waals surface area (Å²) in [6.45, 7) is 0.777. The highest BCUT2D eigenvalue weighted by atomic mass is 127. The summed E-state index contributed by atoms with van der Waals surface area (Å²) in [6.07, 6.45) is 0. The molecule has 0 aliphatic carbocycles. The van der Waals surface area contributed by atoms with Crippen LogP contribution in [0.5, 0.6) is 0 Å². The molecule has 0 amide bonds. The second-order valence-corrected chi connectivity index (χ2v) is 5.90. The van der Waals surface area contributed by atoms with Gasteiger partial charge in [0.25, 0.3) is 0 Å². The minimum atomic E-state index is 0. The molecule has 1 unspecified atom stereocenters. The molecule has 1 aromatic heterocycles. The van der Waals surface area contributed by atoms with Crippen LogP contribution in [-0.2, 0) is 0 Å². The van der Waals surface area contributed by atoms with Crippen molar-refractivity contribution in [2.24, 2.45) is 4.99 Å². The van der Waals surface area contributed by atoms with Crippen LogP contribution in [0.2, 0.25) is 0 Å². The Kier molecular flexibility index (Phi) is 8.60. The molecule has 0 spiro atoms. The summed E-state index contributed by atoms with van der Waals surface area (Å²) < 4.78 is 0. The van der Waals surface area contributed by atoms with Gasteiger partial charge in [0.2, 0.25) is 0 Å². The summed E-state index contributed by atoms with van der Waals surface area (Å²) >= 11 is 1.79. The molecule has 4 nitrogen and oxygen atoms in total. The van der Waals surface area contributed by atoms with E-state index in [2.05, 4.69) is 36.5 Å². The highest BCUT2D eigenvalue weighted by molar-refractivity contribution is 14.0. The molecule has 1 heterocycles. The van der Waals surface area contributed by atoms with E-state index in [9.17, 15) is 0 Å². The van der Waals surface area contributed by atoms with E-state index in [0.29, 0.717) is 6.04 Å². The number of hydrogen-bond acceptors (Lipinski definition) is 3. The van der Waals surface area contributed by atoms with E-state index in [-0.39, 0.29) is 24.0 Å². The quantitative estimate of drug-likeness (QED) is 0.444. The molecule has 0 saturated heterocycles. The highest BCUT2D eigenvalue weighted by Gasteiger charge is 2.15. The number of thiophene rings is 1. The second-order valence-electron chi connectivity index (χ2n) is 4.92. The fourth-order valence-corrected chi connectivity index (χ4v) is 2.75. The van der Waals surface area contributed by atoms with Crippen LogP contribution in [0.25, 0.3) is 0 Å². The van der Waals surface area contributed by atoms with Gasteiger partial charge in [-0.25, -0.2) is 0 Å². The number of rotatable bonds is 4. The Balaban J connectivity index is 0.00000324. The third-order valence-corrected chi connectivity index (χ3v) is 3.67. The van der Waals surface area contributed by atoms with Gasteiger partial charge in [-0.3, -0.25) is 4.99 Å². The van der Waals surface area contributed by atoms with Gasteiger partial charge in [0.05, 0.1) is 12.6 Å². The molecule has 0 radical (unpaired) electrons. The minimum Gasteiger partial charge on any atom is -0.349 e. The molecular weight excluding hydrogens is 371 g/mol. The van der Waals surface area contributed by atoms with E-state index in [4.69, 9.17) is 4.99 Å². The first-order valence-corrected chi connectivity index (χ1v) is 6.90. The van der Waals surface area contributed by atoms with Crippen molar-refractivity contribution < 1.29 is 0 Å². The number of guanidine groups is 1. The van der Waals surface area contributed by atoms with Crippen molar-refractivity contribution in [2.75, 3.05) is 48.8 Å². The van der Waals surface area contributed by atoms with Crippen molar-refractivity contribution in [2.45, 2.75) is 6.04 Å². The van der Waals surface area contributed by atoms with Gasteiger partial charge in [-0.2, -0.15) is 0 Å². The van der Waals surface area contributed by atoms with Crippen LogP contribution in [0.4, 0.5) is 0 Å². The van der Waals surface area contributed by atoms with Gasteiger partial charge >= 0.3 is 0 Å². The van der Waals surface area contributed by atoms with E-state index in [0.717, 1.165) is 12.5 Å². The molecule has 19 heavy (non-hydrogen) atoms. The van der Waals surface area contributed by atoms with E-state index in [1.165, 1.54) is 4.88 Å². The zero-order chi connectivity index (χ0) is 13.7. The Bertz CT molecular complexity index is 364. The Hall–Kier alpha value is -0.340. The lowest BCUT2D eigenvalue weighted by Crippen LogP contribution is -2.36. The summed E-state index contributed by atoms with van der Waals surface area (Å²) in [4.78, 5) is 12.4. The third-order valence-electron chi connectivity index (χ3n) is 2.70. The number of likely N-dealkylation sites (N-methyl/N-ethyl adjacent to an activating group) is 1.